The Morgan fingerprint density at radius 2 is 1.86 bits per heavy atom. The number of methoxy groups -OCH3 is 1. The van der Waals surface area contributed by atoms with Crippen LogP contribution in [0.25, 0.3) is 0 Å². The second kappa shape index (κ2) is 8.43. The van der Waals surface area contributed by atoms with Crippen LogP contribution in [0, 0.1) is 18.6 Å². The summed E-state index contributed by atoms with van der Waals surface area (Å²) < 4.78 is 31.7. The Kier molecular flexibility index (Phi) is 5.78. The molecule has 0 fully saturated rings. The Labute approximate surface area is 160 Å². The first-order chi connectivity index (χ1) is 13.5. The number of aromatic nitrogens is 2. The molecular weight excluding hydrogens is 366 g/mol. The molecule has 0 aliphatic heterocycles. The van der Waals surface area contributed by atoms with E-state index in [-0.39, 0.29) is 12.2 Å². The molecule has 0 aliphatic carbocycles. The minimum absolute atomic E-state index is 0.146. The number of nitrogens with one attached hydrogen (secondary N) is 2. The van der Waals surface area contributed by atoms with Gasteiger partial charge in [-0.05, 0) is 25.1 Å². The molecule has 1 aromatic heterocycles. The molecule has 0 atom stereocenters. The van der Waals surface area contributed by atoms with Crippen molar-refractivity contribution >= 4 is 17.4 Å². The molecule has 1 amide bonds. The molecule has 3 rings (SSSR count). The third kappa shape index (κ3) is 4.59. The van der Waals surface area contributed by atoms with Crippen molar-refractivity contribution in [1.29, 1.82) is 0 Å². The average molecular weight is 384 g/mol. The van der Waals surface area contributed by atoms with Crippen LogP contribution >= 0.6 is 0 Å². The third-order valence-corrected chi connectivity index (χ3v) is 3.89. The molecule has 0 radical (unpaired) electrons. The summed E-state index contributed by atoms with van der Waals surface area (Å²) in [6.45, 7) is 1.89. The van der Waals surface area contributed by atoms with Crippen LogP contribution in [0.15, 0.2) is 48.5 Å². The fraction of sp³-hybridized carbons (Fsp3) is 0.150. The fourth-order valence-electron chi connectivity index (χ4n) is 2.58. The first-order valence-corrected chi connectivity index (χ1v) is 8.44. The van der Waals surface area contributed by atoms with E-state index in [0.717, 1.165) is 17.7 Å². The molecule has 3 aromatic rings. The van der Waals surface area contributed by atoms with Crippen molar-refractivity contribution in [2.75, 3.05) is 12.4 Å². The number of benzene rings is 2. The van der Waals surface area contributed by atoms with Gasteiger partial charge in [-0.15, -0.1) is 0 Å². The maximum atomic E-state index is 13.4. The number of hydrogen-bond acceptors (Lipinski definition) is 5. The first kappa shape index (κ1) is 19.2. The van der Waals surface area contributed by atoms with Crippen LogP contribution in [-0.4, -0.2) is 23.0 Å². The maximum absolute atomic E-state index is 13.4. The highest BCUT2D eigenvalue weighted by Crippen LogP contribution is 2.19. The summed E-state index contributed by atoms with van der Waals surface area (Å²) in [6.07, 6.45) is 0. The molecule has 0 unspecified atom stereocenters. The lowest BCUT2D eigenvalue weighted by molar-refractivity contribution is 0.0945. The smallest absolute Gasteiger partial charge is 0.270 e. The minimum Gasteiger partial charge on any atom is -0.496 e. The molecule has 0 saturated carbocycles. The van der Waals surface area contributed by atoms with Gasteiger partial charge in [-0.3, -0.25) is 4.79 Å². The Morgan fingerprint density at radius 1 is 1.07 bits per heavy atom. The summed E-state index contributed by atoms with van der Waals surface area (Å²) in [6, 6.07) is 12.2. The fourth-order valence-corrected chi connectivity index (χ4v) is 2.58. The highest BCUT2D eigenvalue weighted by Gasteiger charge is 2.12. The number of amides is 1. The molecule has 2 aromatic carbocycles. The number of ether oxygens (including phenoxy) is 1. The summed E-state index contributed by atoms with van der Waals surface area (Å²) in [5.41, 5.74) is 1.27. The van der Waals surface area contributed by atoms with E-state index in [1.54, 1.807) is 20.1 Å². The maximum Gasteiger partial charge on any atom is 0.270 e. The van der Waals surface area contributed by atoms with Gasteiger partial charge in [0.25, 0.3) is 5.91 Å². The van der Waals surface area contributed by atoms with E-state index in [1.807, 2.05) is 18.2 Å². The monoisotopic (exact) mass is 384 g/mol. The second-order valence-electron chi connectivity index (χ2n) is 5.93. The van der Waals surface area contributed by atoms with Crippen LogP contribution < -0.4 is 15.4 Å². The van der Waals surface area contributed by atoms with Gasteiger partial charge >= 0.3 is 0 Å². The SMILES string of the molecule is COc1ccccc1CNC(=O)c1cc(Nc2ccc(F)c(F)c2)nc(C)n1. The molecule has 2 N–H and O–H groups in total. The number of hydrogen-bond donors (Lipinski definition) is 2. The molecule has 28 heavy (non-hydrogen) atoms. The van der Waals surface area contributed by atoms with Crippen molar-refractivity contribution in [1.82, 2.24) is 15.3 Å². The van der Waals surface area contributed by atoms with Crippen LogP contribution in [-0.2, 0) is 6.54 Å². The topological polar surface area (TPSA) is 76.1 Å². The zero-order valence-electron chi connectivity index (χ0n) is 15.3. The number of nitrogens with zero attached hydrogens (tertiary/aromatic N) is 2. The van der Waals surface area contributed by atoms with E-state index in [2.05, 4.69) is 20.6 Å². The molecule has 1 heterocycles. The van der Waals surface area contributed by atoms with Crippen molar-refractivity contribution in [3.63, 3.8) is 0 Å². The number of carbonyl (C=O) groups excluding carboxylic acids is 1. The van der Waals surface area contributed by atoms with Gasteiger partial charge in [-0.2, -0.15) is 0 Å². The van der Waals surface area contributed by atoms with Crippen molar-refractivity contribution in [2.45, 2.75) is 13.5 Å². The summed E-state index contributed by atoms with van der Waals surface area (Å²) in [5, 5.41) is 5.62. The Morgan fingerprint density at radius 3 is 2.61 bits per heavy atom. The Balaban J connectivity index is 1.74. The Hall–Kier alpha value is -3.55. The molecule has 8 heteroatoms. The Bertz CT molecular complexity index is 1010. The number of carbonyl (C=O) groups is 1. The summed E-state index contributed by atoms with van der Waals surface area (Å²) in [4.78, 5) is 20.8. The summed E-state index contributed by atoms with van der Waals surface area (Å²) in [5.74, 6) is -1.01. The molecule has 0 aliphatic rings. The number of anilines is 2. The number of para-hydroxylation sites is 1. The van der Waals surface area contributed by atoms with Gasteiger partial charge in [-0.1, -0.05) is 18.2 Å². The highest BCUT2D eigenvalue weighted by atomic mass is 19.2. The van der Waals surface area contributed by atoms with E-state index in [4.69, 9.17) is 4.74 Å². The number of aryl methyl sites for hydroxylation is 1. The number of rotatable bonds is 6. The van der Waals surface area contributed by atoms with Gasteiger partial charge < -0.3 is 15.4 Å². The first-order valence-electron chi connectivity index (χ1n) is 8.44. The average Bonchev–Trinajstić information content (AvgIpc) is 2.68. The predicted octanol–water partition coefficient (Wildman–Crippen LogP) is 3.75. The zero-order chi connectivity index (χ0) is 20.1. The lowest BCUT2D eigenvalue weighted by Crippen LogP contribution is -2.24. The van der Waals surface area contributed by atoms with Crippen LogP contribution in [0.5, 0.6) is 5.75 Å². The van der Waals surface area contributed by atoms with Crippen LogP contribution in [0.4, 0.5) is 20.3 Å². The summed E-state index contributed by atoms with van der Waals surface area (Å²) >= 11 is 0. The van der Waals surface area contributed by atoms with E-state index in [1.165, 1.54) is 12.1 Å². The van der Waals surface area contributed by atoms with Crippen molar-refractivity contribution in [2.24, 2.45) is 0 Å². The zero-order valence-corrected chi connectivity index (χ0v) is 15.3. The quantitative estimate of drug-likeness (QED) is 0.677. The van der Waals surface area contributed by atoms with E-state index in [9.17, 15) is 13.6 Å². The van der Waals surface area contributed by atoms with Gasteiger partial charge in [-0.25, -0.2) is 18.7 Å². The molecule has 6 nitrogen and oxygen atoms in total. The van der Waals surface area contributed by atoms with Crippen molar-refractivity contribution < 1.29 is 18.3 Å². The van der Waals surface area contributed by atoms with Crippen LogP contribution in [0.1, 0.15) is 21.9 Å². The molecule has 0 spiro atoms. The van der Waals surface area contributed by atoms with Gasteiger partial charge in [0.15, 0.2) is 11.6 Å². The summed E-state index contributed by atoms with van der Waals surface area (Å²) in [7, 11) is 1.56. The minimum atomic E-state index is -0.981. The van der Waals surface area contributed by atoms with Crippen molar-refractivity contribution in [3.8, 4) is 5.75 Å². The molecule has 0 bridgehead atoms. The van der Waals surface area contributed by atoms with Gasteiger partial charge in [0.2, 0.25) is 0 Å². The lowest BCUT2D eigenvalue weighted by Gasteiger charge is -2.11. The van der Waals surface area contributed by atoms with Gasteiger partial charge in [0, 0.05) is 29.9 Å². The molecular formula is C20H18F2N4O2. The largest absolute Gasteiger partial charge is 0.496 e. The standard InChI is InChI=1S/C20H18F2N4O2/c1-12-24-17(20(27)23-11-13-5-3-4-6-18(13)28-2)10-19(25-12)26-14-7-8-15(21)16(22)9-14/h3-10H,11H2,1-2H3,(H,23,27)(H,24,25,26). The van der Waals surface area contributed by atoms with Crippen LogP contribution in [0.2, 0.25) is 0 Å². The second-order valence-corrected chi connectivity index (χ2v) is 5.93. The normalized spacial score (nSPS) is 10.4. The van der Waals surface area contributed by atoms with Crippen LogP contribution in [0.3, 0.4) is 0 Å². The lowest BCUT2D eigenvalue weighted by atomic mass is 10.2. The van der Waals surface area contributed by atoms with Gasteiger partial charge in [0.05, 0.1) is 7.11 Å². The third-order valence-electron chi connectivity index (χ3n) is 3.89. The number of halogens is 2. The van der Waals surface area contributed by atoms with Crippen molar-refractivity contribution in [3.05, 3.63) is 77.2 Å². The molecule has 144 valence electrons. The van der Waals surface area contributed by atoms with E-state index < -0.39 is 17.5 Å². The van der Waals surface area contributed by atoms with Gasteiger partial charge in [0.1, 0.15) is 23.1 Å². The molecule has 0 saturated heterocycles. The van der Waals surface area contributed by atoms with E-state index in [0.29, 0.717) is 23.1 Å². The predicted molar refractivity (Wildman–Crippen MR) is 101 cm³/mol. The highest BCUT2D eigenvalue weighted by molar-refractivity contribution is 5.93. The van der Waals surface area contributed by atoms with E-state index >= 15 is 0 Å².